The summed E-state index contributed by atoms with van der Waals surface area (Å²) in [5, 5.41) is 7.39. The minimum atomic E-state index is 0.484. The highest BCUT2D eigenvalue weighted by molar-refractivity contribution is 5.51. The van der Waals surface area contributed by atoms with Crippen molar-refractivity contribution in [1.29, 1.82) is 0 Å². The summed E-state index contributed by atoms with van der Waals surface area (Å²) in [5.41, 5.74) is 0.891. The molecule has 88 valence electrons. The van der Waals surface area contributed by atoms with Gasteiger partial charge in [-0.2, -0.15) is 4.98 Å². The van der Waals surface area contributed by atoms with E-state index in [0.29, 0.717) is 17.8 Å². The highest BCUT2D eigenvalue weighted by Gasteiger charge is 2.18. The number of nitrogens with one attached hydrogen (secondary N) is 1. The van der Waals surface area contributed by atoms with Crippen LogP contribution < -0.4 is 5.32 Å². The molecule has 0 aliphatic carbocycles. The van der Waals surface area contributed by atoms with Gasteiger partial charge in [0, 0.05) is 30.4 Å². The van der Waals surface area contributed by atoms with Crippen LogP contribution in [0.25, 0.3) is 11.4 Å². The summed E-state index contributed by atoms with van der Waals surface area (Å²) in [5.74, 6) is 1.31. The molecule has 17 heavy (non-hydrogen) atoms. The first-order valence-corrected chi connectivity index (χ1v) is 5.88. The first-order valence-electron chi connectivity index (χ1n) is 5.88. The zero-order chi connectivity index (χ0) is 11.5. The molecule has 3 heterocycles. The van der Waals surface area contributed by atoms with Crippen LogP contribution in [0.3, 0.4) is 0 Å². The van der Waals surface area contributed by atoms with E-state index < -0.39 is 0 Å². The van der Waals surface area contributed by atoms with E-state index in [9.17, 15) is 0 Å². The molecule has 0 spiro atoms. The lowest BCUT2D eigenvalue weighted by atomic mass is 10.1. The van der Waals surface area contributed by atoms with Crippen molar-refractivity contribution in [2.24, 2.45) is 0 Å². The number of nitrogens with zero attached hydrogens (tertiary/aromatic N) is 3. The van der Waals surface area contributed by atoms with Crippen LogP contribution in [-0.4, -0.2) is 27.7 Å². The van der Waals surface area contributed by atoms with Gasteiger partial charge in [-0.3, -0.25) is 4.98 Å². The van der Waals surface area contributed by atoms with Crippen LogP contribution in [-0.2, 0) is 6.42 Å². The van der Waals surface area contributed by atoms with Crippen LogP contribution in [0.4, 0.5) is 0 Å². The maximum atomic E-state index is 5.25. The SMILES string of the molecule is c1cncc(-c2noc(CC3CCCN3)n2)c1. The summed E-state index contributed by atoms with van der Waals surface area (Å²) in [6.45, 7) is 1.09. The van der Waals surface area contributed by atoms with Crippen molar-refractivity contribution < 1.29 is 4.52 Å². The lowest BCUT2D eigenvalue weighted by Gasteiger charge is -2.04. The smallest absolute Gasteiger partial charge is 0.228 e. The number of pyridine rings is 1. The molecule has 1 saturated heterocycles. The van der Waals surface area contributed by atoms with Gasteiger partial charge in [0.05, 0.1) is 0 Å². The van der Waals surface area contributed by atoms with Gasteiger partial charge in [0.1, 0.15) is 0 Å². The van der Waals surface area contributed by atoms with E-state index in [1.165, 1.54) is 12.8 Å². The van der Waals surface area contributed by atoms with E-state index in [2.05, 4.69) is 20.4 Å². The van der Waals surface area contributed by atoms with Crippen LogP contribution in [0.1, 0.15) is 18.7 Å². The van der Waals surface area contributed by atoms with Gasteiger partial charge in [-0.1, -0.05) is 5.16 Å². The monoisotopic (exact) mass is 230 g/mol. The molecule has 2 aromatic heterocycles. The molecule has 0 saturated carbocycles. The molecule has 1 aliphatic rings. The summed E-state index contributed by atoms with van der Waals surface area (Å²) < 4.78 is 5.25. The van der Waals surface area contributed by atoms with Crippen molar-refractivity contribution in [1.82, 2.24) is 20.4 Å². The summed E-state index contributed by atoms with van der Waals surface area (Å²) in [7, 11) is 0. The van der Waals surface area contributed by atoms with E-state index in [1.54, 1.807) is 12.4 Å². The molecule has 1 atom stereocenters. The van der Waals surface area contributed by atoms with Gasteiger partial charge in [-0.05, 0) is 31.5 Å². The molecule has 0 amide bonds. The number of aromatic nitrogens is 3. The Bertz CT molecular complexity index is 476. The zero-order valence-corrected chi connectivity index (χ0v) is 9.47. The third-order valence-electron chi connectivity index (χ3n) is 2.97. The molecule has 0 radical (unpaired) electrons. The Labute approximate surface area is 99.3 Å². The molecule has 0 bridgehead atoms. The number of hydrogen-bond acceptors (Lipinski definition) is 5. The van der Waals surface area contributed by atoms with Gasteiger partial charge in [-0.25, -0.2) is 0 Å². The minimum absolute atomic E-state index is 0.484. The van der Waals surface area contributed by atoms with Crippen LogP contribution >= 0.6 is 0 Å². The summed E-state index contributed by atoms with van der Waals surface area (Å²) >= 11 is 0. The molecule has 3 rings (SSSR count). The first kappa shape index (κ1) is 10.4. The Morgan fingerprint density at radius 2 is 2.47 bits per heavy atom. The van der Waals surface area contributed by atoms with E-state index in [1.807, 2.05) is 12.1 Å². The first-order chi connectivity index (χ1) is 8.42. The van der Waals surface area contributed by atoms with Crippen LogP contribution in [0.5, 0.6) is 0 Å². The summed E-state index contributed by atoms with van der Waals surface area (Å²) in [6.07, 6.45) is 6.70. The average Bonchev–Trinajstić information content (AvgIpc) is 3.02. The summed E-state index contributed by atoms with van der Waals surface area (Å²) in [6, 6.07) is 4.27. The topological polar surface area (TPSA) is 63.8 Å². The second-order valence-electron chi connectivity index (χ2n) is 4.25. The van der Waals surface area contributed by atoms with Crippen LogP contribution in [0, 0.1) is 0 Å². The van der Waals surface area contributed by atoms with Crippen molar-refractivity contribution >= 4 is 0 Å². The molecule has 5 heteroatoms. The lowest BCUT2D eigenvalue weighted by Crippen LogP contribution is -2.23. The molecule has 1 unspecified atom stereocenters. The molecular weight excluding hydrogens is 216 g/mol. The molecule has 0 aromatic carbocycles. The maximum absolute atomic E-state index is 5.25. The van der Waals surface area contributed by atoms with Gasteiger partial charge in [0.2, 0.25) is 11.7 Å². The number of hydrogen-bond donors (Lipinski definition) is 1. The molecule has 1 N–H and O–H groups in total. The van der Waals surface area contributed by atoms with E-state index >= 15 is 0 Å². The summed E-state index contributed by atoms with van der Waals surface area (Å²) in [4.78, 5) is 8.43. The maximum Gasteiger partial charge on any atom is 0.228 e. The molecule has 2 aromatic rings. The lowest BCUT2D eigenvalue weighted by molar-refractivity contribution is 0.364. The van der Waals surface area contributed by atoms with E-state index in [4.69, 9.17) is 4.52 Å². The third kappa shape index (κ3) is 2.34. The van der Waals surface area contributed by atoms with Gasteiger partial charge < -0.3 is 9.84 Å². The average molecular weight is 230 g/mol. The normalized spacial score (nSPS) is 19.6. The van der Waals surface area contributed by atoms with Crippen molar-refractivity contribution in [3.63, 3.8) is 0 Å². The number of rotatable bonds is 3. The largest absolute Gasteiger partial charge is 0.339 e. The van der Waals surface area contributed by atoms with Crippen molar-refractivity contribution in [2.45, 2.75) is 25.3 Å². The van der Waals surface area contributed by atoms with Crippen molar-refractivity contribution in [3.05, 3.63) is 30.4 Å². The molecule has 1 fully saturated rings. The van der Waals surface area contributed by atoms with Crippen molar-refractivity contribution in [2.75, 3.05) is 6.54 Å². The minimum Gasteiger partial charge on any atom is -0.339 e. The standard InChI is InChI=1S/C12H14N4O/c1-3-9(8-13-5-1)12-15-11(17-16-12)7-10-4-2-6-14-10/h1,3,5,8,10,14H,2,4,6-7H2. The fraction of sp³-hybridized carbons (Fsp3) is 0.417. The molecular formula is C12H14N4O. The second-order valence-corrected chi connectivity index (χ2v) is 4.25. The Morgan fingerprint density at radius 1 is 1.47 bits per heavy atom. The Hall–Kier alpha value is -1.75. The van der Waals surface area contributed by atoms with Crippen LogP contribution in [0.2, 0.25) is 0 Å². The van der Waals surface area contributed by atoms with Gasteiger partial charge in [-0.15, -0.1) is 0 Å². The fourth-order valence-corrected chi connectivity index (χ4v) is 2.09. The Kier molecular flexibility index (Phi) is 2.83. The predicted molar refractivity (Wildman–Crippen MR) is 62.3 cm³/mol. The predicted octanol–water partition coefficient (Wildman–Crippen LogP) is 1.43. The Balaban J connectivity index is 1.74. The van der Waals surface area contributed by atoms with Gasteiger partial charge >= 0.3 is 0 Å². The highest BCUT2D eigenvalue weighted by atomic mass is 16.5. The van der Waals surface area contributed by atoms with Crippen LogP contribution in [0.15, 0.2) is 29.0 Å². The third-order valence-corrected chi connectivity index (χ3v) is 2.97. The second kappa shape index (κ2) is 4.63. The van der Waals surface area contributed by atoms with E-state index in [0.717, 1.165) is 18.5 Å². The quantitative estimate of drug-likeness (QED) is 0.864. The highest BCUT2D eigenvalue weighted by Crippen LogP contribution is 2.16. The zero-order valence-electron chi connectivity index (χ0n) is 9.47. The fourth-order valence-electron chi connectivity index (χ4n) is 2.09. The molecule has 1 aliphatic heterocycles. The van der Waals surface area contributed by atoms with Gasteiger partial charge in [0.25, 0.3) is 0 Å². The Morgan fingerprint density at radius 3 is 3.24 bits per heavy atom. The van der Waals surface area contributed by atoms with Gasteiger partial charge in [0.15, 0.2) is 0 Å². The van der Waals surface area contributed by atoms with E-state index in [-0.39, 0.29) is 0 Å². The molecule has 5 nitrogen and oxygen atoms in total. The van der Waals surface area contributed by atoms with Crippen molar-refractivity contribution in [3.8, 4) is 11.4 Å².